The van der Waals surface area contributed by atoms with Crippen LogP contribution in [0.4, 0.5) is 0 Å². The molecule has 0 aliphatic carbocycles. The molecular weight excluding hydrogens is 600 g/mol. The van der Waals surface area contributed by atoms with E-state index in [1.807, 2.05) is 41.5 Å². The first-order valence-corrected chi connectivity index (χ1v) is 16.5. The number of hydrogen-bond donors (Lipinski definition) is 1. The molecule has 0 fully saturated rings. The summed E-state index contributed by atoms with van der Waals surface area (Å²) in [5.41, 5.74) is 1.18. The van der Waals surface area contributed by atoms with Gasteiger partial charge in [0.05, 0.1) is 45.3 Å². The summed E-state index contributed by atoms with van der Waals surface area (Å²) in [7, 11) is 0. The van der Waals surface area contributed by atoms with Crippen molar-refractivity contribution >= 4 is 29.0 Å². The molecule has 47 heavy (non-hydrogen) atoms. The standard InChI is InChI=1S/C37H52N2O8/c1-8-31(40)15-18-45-22-37(23-46-19-16-33(41)25(2)3,24-47-20-17-34(42)26(4)5)39-36(44)29-11-9-28(10-12-29)32-14-13-30(21-38-32)35(43)27(6)7/h9-14,21,25-27H,8,15-20,22-24H2,1-7H3,(H,39,44). The highest BCUT2D eigenvalue weighted by atomic mass is 16.5. The van der Waals surface area contributed by atoms with Crippen molar-refractivity contribution in [2.45, 2.75) is 79.7 Å². The quantitative estimate of drug-likeness (QED) is 0.118. The maximum Gasteiger partial charge on any atom is 0.251 e. The van der Waals surface area contributed by atoms with Gasteiger partial charge in [-0.1, -0.05) is 60.6 Å². The smallest absolute Gasteiger partial charge is 0.251 e. The minimum absolute atomic E-state index is 0.0184. The van der Waals surface area contributed by atoms with Gasteiger partial charge in [0.25, 0.3) is 5.91 Å². The Morgan fingerprint density at radius 2 is 1.17 bits per heavy atom. The number of ketones is 4. The van der Waals surface area contributed by atoms with Gasteiger partial charge in [0.2, 0.25) is 0 Å². The molecule has 1 aromatic heterocycles. The number of benzene rings is 1. The first-order valence-electron chi connectivity index (χ1n) is 16.5. The van der Waals surface area contributed by atoms with Crippen molar-refractivity contribution < 1.29 is 38.2 Å². The minimum atomic E-state index is -1.17. The molecule has 1 amide bonds. The summed E-state index contributed by atoms with van der Waals surface area (Å²) in [6.45, 7) is 13.2. The van der Waals surface area contributed by atoms with Gasteiger partial charge < -0.3 is 19.5 Å². The van der Waals surface area contributed by atoms with Crippen LogP contribution < -0.4 is 5.32 Å². The normalized spacial score (nSPS) is 11.7. The predicted molar refractivity (Wildman–Crippen MR) is 180 cm³/mol. The Bertz CT molecular complexity index is 1290. The van der Waals surface area contributed by atoms with Crippen molar-refractivity contribution in [1.82, 2.24) is 10.3 Å². The van der Waals surface area contributed by atoms with Gasteiger partial charge in [0, 0.05) is 66.3 Å². The molecule has 0 spiro atoms. The molecule has 1 N–H and O–H groups in total. The van der Waals surface area contributed by atoms with Crippen molar-refractivity contribution in [3.8, 4) is 11.3 Å². The van der Waals surface area contributed by atoms with Crippen LogP contribution in [0.3, 0.4) is 0 Å². The lowest BCUT2D eigenvalue weighted by molar-refractivity contribution is -0.123. The van der Waals surface area contributed by atoms with E-state index in [2.05, 4.69) is 10.3 Å². The Labute approximate surface area is 279 Å². The maximum absolute atomic E-state index is 13.6. The maximum atomic E-state index is 13.6. The van der Waals surface area contributed by atoms with E-state index in [0.29, 0.717) is 23.2 Å². The summed E-state index contributed by atoms with van der Waals surface area (Å²) in [5.74, 6) is -0.571. The predicted octanol–water partition coefficient (Wildman–Crippen LogP) is 5.71. The minimum Gasteiger partial charge on any atom is -0.378 e. The second-order valence-corrected chi connectivity index (χ2v) is 12.8. The number of rotatable bonds is 23. The third kappa shape index (κ3) is 13.6. The van der Waals surface area contributed by atoms with Gasteiger partial charge in [-0.2, -0.15) is 0 Å². The number of nitrogens with one attached hydrogen (secondary N) is 1. The van der Waals surface area contributed by atoms with Gasteiger partial charge in [-0.3, -0.25) is 29.0 Å². The van der Waals surface area contributed by atoms with Gasteiger partial charge in [0.1, 0.15) is 22.9 Å². The van der Waals surface area contributed by atoms with E-state index in [-0.39, 0.29) is 99.8 Å². The summed E-state index contributed by atoms with van der Waals surface area (Å²) in [6, 6.07) is 10.4. The van der Waals surface area contributed by atoms with Crippen molar-refractivity contribution in [2.24, 2.45) is 17.8 Å². The third-order valence-electron chi connectivity index (χ3n) is 7.72. The Balaban J connectivity index is 2.26. The SMILES string of the molecule is CCC(=O)CCOCC(COCCC(=O)C(C)C)(COCCC(=O)C(C)C)NC(=O)c1ccc(-c2ccc(C(=O)C(C)C)cn2)cc1. The van der Waals surface area contributed by atoms with Crippen LogP contribution >= 0.6 is 0 Å². The molecule has 1 aromatic carbocycles. The van der Waals surface area contributed by atoms with E-state index in [4.69, 9.17) is 14.2 Å². The molecular formula is C37H52N2O8. The lowest BCUT2D eigenvalue weighted by Gasteiger charge is -2.34. The second-order valence-electron chi connectivity index (χ2n) is 12.8. The third-order valence-corrected chi connectivity index (χ3v) is 7.72. The van der Waals surface area contributed by atoms with Crippen molar-refractivity contribution in [2.75, 3.05) is 39.6 Å². The van der Waals surface area contributed by atoms with Gasteiger partial charge in [-0.05, 0) is 24.3 Å². The van der Waals surface area contributed by atoms with Crippen LogP contribution in [0.1, 0.15) is 94.9 Å². The summed E-state index contributed by atoms with van der Waals surface area (Å²) in [5, 5.41) is 3.04. The van der Waals surface area contributed by atoms with E-state index in [0.717, 1.165) is 5.56 Å². The number of amides is 1. The number of Topliss-reactive ketones (excluding diaryl/α,β-unsaturated/α-hetero) is 4. The fraction of sp³-hybridized carbons (Fsp3) is 0.568. The molecule has 0 aliphatic rings. The number of ether oxygens (including phenoxy) is 3. The van der Waals surface area contributed by atoms with Crippen LogP contribution in [0, 0.1) is 17.8 Å². The lowest BCUT2D eigenvalue weighted by Crippen LogP contribution is -2.58. The molecule has 0 radical (unpaired) electrons. The number of carbonyl (C=O) groups excluding carboxylic acids is 5. The zero-order chi connectivity index (χ0) is 35.0. The van der Waals surface area contributed by atoms with Crippen LogP contribution in [0.25, 0.3) is 11.3 Å². The first-order chi connectivity index (χ1) is 22.3. The van der Waals surface area contributed by atoms with Crippen LogP contribution in [0.5, 0.6) is 0 Å². The average molecular weight is 653 g/mol. The Morgan fingerprint density at radius 1 is 0.681 bits per heavy atom. The summed E-state index contributed by atoms with van der Waals surface area (Å²) >= 11 is 0. The Kier molecular flexibility index (Phi) is 16.8. The van der Waals surface area contributed by atoms with Crippen molar-refractivity contribution in [1.29, 1.82) is 0 Å². The molecule has 0 saturated heterocycles. The molecule has 0 bridgehead atoms. The van der Waals surface area contributed by atoms with Crippen LogP contribution in [0.2, 0.25) is 0 Å². The number of hydrogen-bond acceptors (Lipinski definition) is 9. The fourth-order valence-electron chi connectivity index (χ4n) is 4.47. The summed E-state index contributed by atoms with van der Waals surface area (Å²) in [4.78, 5) is 66.6. The molecule has 258 valence electrons. The zero-order valence-electron chi connectivity index (χ0n) is 29.1. The van der Waals surface area contributed by atoms with Gasteiger partial charge in [-0.25, -0.2) is 0 Å². The van der Waals surface area contributed by atoms with Crippen LogP contribution in [0.15, 0.2) is 42.6 Å². The molecule has 2 aromatic rings. The average Bonchev–Trinajstić information content (AvgIpc) is 3.06. The Hall–Kier alpha value is -3.60. The highest BCUT2D eigenvalue weighted by Crippen LogP contribution is 2.20. The largest absolute Gasteiger partial charge is 0.378 e. The Morgan fingerprint density at radius 3 is 1.60 bits per heavy atom. The topological polar surface area (TPSA) is 138 Å². The number of aromatic nitrogens is 1. The monoisotopic (exact) mass is 652 g/mol. The lowest BCUT2D eigenvalue weighted by atomic mass is 10.0. The van der Waals surface area contributed by atoms with Gasteiger partial charge in [-0.15, -0.1) is 0 Å². The molecule has 10 heteroatoms. The highest BCUT2D eigenvalue weighted by Gasteiger charge is 2.34. The van der Waals surface area contributed by atoms with E-state index in [1.54, 1.807) is 49.5 Å². The fourth-order valence-corrected chi connectivity index (χ4v) is 4.47. The van der Waals surface area contributed by atoms with E-state index < -0.39 is 11.4 Å². The molecule has 10 nitrogen and oxygen atoms in total. The number of carbonyl (C=O) groups is 5. The second kappa shape index (κ2) is 19.9. The highest BCUT2D eigenvalue weighted by molar-refractivity contribution is 5.97. The summed E-state index contributed by atoms with van der Waals surface area (Å²) < 4.78 is 17.8. The van der Waals surface area contributed by atoms with E-state index in [9.17, 15) is 24.0 Å². The molecule has 1 heterocycles. The van der Waals surface area contributed by atoms with E-state index >= 15 is 0 Å². The van der Waals surface area contributed by atoms with Crippen molar-refractivity contribution in [3.05, 3.63) is 53.7 Å². The molecule has 0 atom stereocenters. The zero-order valence-corrected chi connectivity index (χ0v) is 29.1. The van der Waals surface area contributed by atoms with Gasteiger partial charge in [0.15, 0.2) is 5.78 Å². The molecule has 0 unspecified atom stereocenters. The first kappa shape index (κ1) is 39.6. The number of nitrogens with zero attached hydrogens (tertiary/aromatic N) is 1. The molecule has 0 saturated carbocycles. The van der Waals surface area contributed by atoms with Gasteiger partial charge >= 0.3 is 0 Å². The van der Waals surface area contributed by atoms with Crippen molar-refractivity contribution in [3.63, 3.8) is 0 Å². The van der Waals surface area contributed by atoms with E-state index in [1.165, 1.54) is 0 Å². The molecule has 2 rings (SSSR count). The van der Waals surface area contributed by atoms with Crippen LogP contribution in [-0.4, -0.2) is 79.2 Å². The molecule has 0 aliphatic heterocycles. The number of pyridine rings is 1. The summed E-state index contributed by atoms with van der Waals surface area (Å²) in [6.07, 6.45) is 2.63. The van der Waals surface area contributed by atoms with Crippen LogP contribution in [-0.2, 0) is 28.6 Å².